The quantitative estimate of drug-likeness (QED) is 0.402. The Kier molecular flexibility index (Phi) is 7.64. The van der Waals surface area contributed by atoms with Crippen LogP contribution in [-0.4, -0.2) is 22.2 Å². The van der Waals surface area contributed by atoms with Crippen LogP contribution in [0, 0.1) is 0 Å². The van der Waals surface area contributed by atoms with Crippen LogP contribution in [0.4, 0.5) is 10.1 Å². The Bertz CT molecular complexity index is 576. The summed E-state index contributed by atoms with van der Waals surface area (Å²) in [4.78, 5) is 29.4. The van der Waals surface area contributed by atoms with Gasteiger partial charge in [0.1, 0.15) is 11.9 Å². The number of alkyl halides is 1. The van der Waals surface area contributed by atoms with Crippen LogP contribution < -0.4 is 15.6 Å². The van der Waals surface area contributed by atoms with Gasteiger partial charge in [-0.15, -0.1) is 0 Å². The third-order valence-corrected chi connectivity index (χ3v) is 3.48. The Hall–Kier alpha value is -1.47. The topological polar surface area (TPSA) is 122 Å². The highest BCUT2D eigenvalue weighted by atomic mass is 31.2. The molecule has 0 bridgehead atoms. The van der Waals surface area contributed by atoms with Crippen molar-refractivity contribution in [3.05, 3.63) is 23.8 Å². The molecule has 5 N–H and O–H groups in total. The molecule has 9 heteroatoms. The summed E-state index contributed by atoms with van der Waals surface area (Å²) in [6, 6.07) is 3.91. The monoisotopic (exact) mass is 348 g/mol. The molecule has 0 spiro atoms. The summed E-state index contributed by atoms with van der Waals surface area (Å²) in [7, 11) is -4.78. The molecular weight excluding hydrogens is 326 g/mol. The number of nitrogens with one attached hydrogen (secondary N) is 1. The predicted octanol–water partition coefficient (Wildman–Crippen LogP) is 2.65. The molecule has 1 aromatic carbocycles. The minimum Gasteiger partial charge on any atom is -0.404 e. The first-order valence-electron chi connectivity index (χ1n) is 7.26. The molecule has 0 aliphatic heterocycles. The summed E-state index contributed by atoms with van der Waals surface area (Å²) < 4.78 is 28.9. The van der Waals surface area contributed by atoms with Gasteiger partial charge in [0.15, 0.2) is 0 Å². The van der Waals surface area contributed by atoms with Crippen molar-refractivity contribution in [1.29, 1.82) is 0 Å². The highest BCUT2D eigenvalue weighted by molar-refractivity contribution is 7.46. The third kappa shape index (κ3) is 7.56. The Morgan fingerprint density at radius 1 is 1.39 bits per heavy atom. The van der Waals surface area contributed by atoms with E-state index in [2.05, 4.69) is 9.84 Å². The maximum Gasteiger partial charge on any atom is 0.524 e. The van der Waals surface area contributed by atoms with E-state index in [1.54, 1.807) is 0 Å². The summed E-state index contributed by atoms with van der Waals surface area (Å²) in [6.45, 7) is 1.79. The number of phosphoric acid groups is 1. The van der Waals surface area contributed by atoms with Crippen LogP contribution in [0.5, 0.6) is 5.75 Å². The first-order valence-corrected chi connectivity index (χ1v) is 8.79. The minimum absolute atomic E-state index is 0.0470. The molecule has 0 radical (unpaired) electrons. The number of carbonyl (C=O) groups is 1. The van der Waals surface area contributed by atoms with Gasteiger partial charge in [-0.05, 0) is 44.5 Å². The Morgan fingerprint density at radius 2 is 2.09 bits per heavy atom. The Balaban J connectivity index is 2.75. The number of hydrogen-bond acceptors (Lipinski definition) is 4. The molecule has 0 heterocycles. The van der Waals surface area contributed by atoms with E-state index in [9.17, 15) is 13.8 Å². The summed E-state index contributed by atoms with van der Waals surface area (Å²) >= 11 is 0. The van der Waals surface area contributed by atoms with Gasteiger partial charge in [0, 0.05) is 17.7 Å². The molecule has 0 fully saturated rings. The number of unbranched alkanes of at least 4 members (excludes halogenated alkanes) is 2. The van der Waals surface area contributed by atoms with Crippen molar-refractivity contribution in [3.63, 3.8) is 0 Å². The van der Waals surface area contributed by atoms with Crippen LogP contribution >= 0.6 is 7.82 Å². The summed E-state index contributed by atoms with van der Waals surface area (Å²) in [6.07, 6.45) is 1.21. The molecular formula is C14H22FN2O5P. The molecule has 23 heavy (non-hydrogen) atoms. The van der Waals surface area contributed by atoms with Gasteiger partial charge in [0.05, 0.1) is 0 Å². The summed E-state index contributed by atoms with van der Waals surface area (Å²) in [5.41, 5.74) is 5.66. The molecule has 0 aromatic heterocycles. The highest BCUT2D eigenvalue weighted by Crippen LogP contribution is 2.42. The zero-order valence-corrected chi connectivity index (χ0v) is 13.8. The number of carbonyl (C=O) groups excluding carboxylic acids is 1. The molecule has 7 nitrogen and oxygen atoms in total. The molecule has 130 valence electrons. The van der Waals surface area contributed by atoms with Gasteiger partial charge in [-0.2, -0.15) is 0 Å². The van der Waals surface area contributed by atoms with Gasteiger partial charge < -0.3 is 15.6 Å². The second-order valence-corrected chi connectivity index (χ2v) is 6.26. The second-order valence-electron chi connectivity index (χ2n) is 5.10. The lowest BCUT2D eigenvalue weighted by Crippen LogP contribution is -2.12. The number of hydrogen-bond donors (Lipinski definition) is 4. The van der Waals surface area contributed by atoms with Crippen molar-refractivity contribution >= 4 is 19.4 Å². The van der Waals surface area contributed by atoms with E-state index in [1.165, 1.54) is 25.1 Å². The van der Waals surface area contributed by atoms with Crippen LogP contribution in [0.25, 0.3) is 0 Å². The van der Waals surface area contributed by atoms with Crippen LogP contribution in [-0.2, 0) is 9.36 Å². The fourth-order valence-electron chi connectivity index (χ4n) is 1.98. The van der Waals surface area contributed by atoms with Crippen molar-refractivity contribution in [2.45, 2.75) is 38.8 Å². The van der Waals surface area contributed by atoms with Crippen LogP contribution in [0.15, 0.2) is 18.2 Å². The first kappa shape index (κ1) is 19.6. The zero-order valence-electron chi connectivity index (χ0n) is 12.9. The largest absolute Gasteiger partial charge is 0.524 e. The molecule has 1 atom stereocenters. The smallest absolute Gasteiger partial charge is 0.404 e. The number of halogens is 1. The highest BCUT2D eigenvalue weighted by Gasteiger charge is 2.21. The van der Waals surface area contributed by atoms with Crippen molar-refractivity contribution in [2.75, 3.05) is 11.9 Å². The van der Waals surface area contributed by atoms with E-state index in [0.29, 0.717) is 25.1 Å². The van der Waals surface area contributed by atoms with E-state index in [1.807, 2.05) is 0 Å². The number of benzene rings is 1. The standard InChI is InChI=1S/C14H22FN2O5P/c1-10(15)12-9-11(6-7-13(12)22-23(19,20)21)17-14(18)5-3-2-4-8-16/h6-7,9-10H,2-5,8,16H2,1H3,(H,17,18)(H2,19,20,21). The van der Waals surface area contributed by atoms with Crippen LogP contribution in [0.1, 0.15) is 44.3 Å². The predicted molar refractivity (Wildman–Crippen MR) is 84.8 cm³/mol. The third-order valence-electron chi connectivity index (χ3n) is 3.05. The van der Waals surface area contributed by atoms with Crippen molar-refractivity contribution in [3.8, 4) is 5.75 Å². The fourth-order valence-corrected chi connectivity index (χ4v) is 2.40. The van der Waals surface area contributed by atoms with E-state index in [0.717, 1.165) is 12.8 Å². The maximum absolute atomic E-state index is 13.6. The lowest BCUT2D eigenvalue weighted by molar-refractivity contribution is -0.116. The Labute approximate surface area is 134 Å². The maximum atomic E-state index is 13.6. The van der Waals surface area contributed by atoms with Crippen molar-refractivity contribution < 1.29 is 28.1 Å². The molecule has 1 unspecified atom stereocenters. The number of amides is 1. The zero-order chi connectivity index (χ0) is 17.5. The second kappa shape index (κ2) is 8.98. The number of phosphoric ester groups is 1. The molecule has 0 aliphatic rings. The average molecular weight is 348 g/mol. The van der Waals surface area contributed by atoms with Gasteiger partial charge in [-0.3, -0.25) is 14.6 Å². The fraction of sp³-hybridized carbons (Fsp3) is 0.500. The van der Waals surface area contributed by atoms with Gasteiger partial charge in [0.2, 0.25) is 5.91 Å². The first-order chi connectivity index (χ1) is 10.7. The van der Waals surface area contributed by atoms with E-state index < -0.39 is 14.0 Å². The van der Waals surface area contributed by atoms with Gasteiger partial charge in [0.25, 0.3) is 0 Å². The van der Waals surface area contributed by atoms with Gasteiger partial charge >= 0.3 is 7.82 Å². The average Bonchev–Trinajstić information content (AvgIpc) is 2.43. The van der Waals surface area contributed by atoms with Crippen molar-refractivity contribution in [1.82, 2.24) is 0 Å². The number of nitrogens with two attached hydrogens (primary N) is 1. The molecule has 1 rings (SSSR count). The van der Waals surface area contributed by atoms with Crippen LogP contribution in [0.2, 0.25) is 0 Å². The molecule has 1 aromatic rings. The van der Waals surface area contributed by atoms with Crippen molar-refractivity contribution in [2.24, 2.45) is 5.73 Å². The summed E-state index contributed by atoms with van der Waals surface area (Å²) in [5.74, 6) is -0.475. The van der Waals surface area contributed by atoms with Gasteiger partial charge in [-0.25, -0.2) is 8.96 Å². The molecule has 1 amide bonds. The van der Waals surface area contributed by atoms with Crippen LogP contribution in [0.3, 0.4) is 0 Å². The summed E-state index contributed by atoms with van der Waals surface area (Å²) in [5, 5.41) is 2.62. The van der Waals surface area contributed by atoms with E-state index >= 15 is 0 Å². The molecule has 0 saturated heterocycles. The minimum atomic E-state index is -4.78. The van der Waals surface area contributed by atoms with E-state index in [-0.39, 0.29) is 17.2 Å². The number of anilines is 1. The normalized spacial score (nSPS) is 12.7. The Morgan fingerprint density at radius 3 is 2.65 bits per heavy atom. The SMILES string of the molecule is CC(F)c1cc(NC(=O)CCCCCN)ccc1OP(=O)(O)O. The lowest BCUT2D eigenvalue weighted by atomic mass is 10.1. The lowest BCUT2D eigenvalue weighted by Gasteiger charge is -2.14. The molecule has 0 saturated carbocycles. The number of rotatable bonds is 9. The van der Waals surface area contributed by atoms with E-state index in [4.69, 9.17) is 15.5 Å². The molecule has 0 aliphatic carbocycles. The van der Waals surface area contributed by atoms with Gasteiger partial charge in [-0.1, -0.05) is 6.42 Å².